The molecule has 0 radical (unpaired) electrons. The maximum Gasteiger partial charge on any atom is 0.0510 e. The van der Waals surface area contributed by atoms with Crippen LogP contribution in [0.1, 0.15) is 25.7 Å². The highest BCUT2D eigenvalue weighted by Gasteiger charge is 2.37. The Morgan fingerprint density at radius 2 is 1.94 bits per heavy atom. The summed E-state index contributed by atoms with van der Waals surface area (Å²) in [6.45, 7) is 5.53. The van der Waals surface area contributed by atoms with Crippen LogP contribution in [-0.2, 0) is 4.74 Å². The molecule has 16 heavy (non-hydrogen) atoms. The molecule has 0 amide bonds. The minimum absolute atomic E-state index is 0.335. The van der Waals surface area contributed by atoms with Crippen molar-refractivity contribution in [2.75, 3.05) is 32.8 Å². The Labute approximate surface area is 98.3 Å². The lowest BCUT2D eigenvalue weighted by molar-refractivity contribution is 0.173. The summed E-state index contributed by atoms with van der Waals surface area (Å²) in [7, 11) is 0. The second-order valence-electron chi connectivity index (χ2n) is 5.96. The van der Waals surface area contributed by atoms with Gasteiger partial charge in [-0.1, -0.05) is 6.42 Å². The fraction of sp³-hybridized carbons (Fsp3) is 1.00. The average molecular weight is 224 g/mol. The van der Waals surface area contributed by atoms with Crippen molar-refractivity contribution in [2.45, 2.75) is 31.7 Å². The van der Waals surface area contributed by atoms with Gasteiger partial charge in [-0.3, -0.25) is 0 Å². The molecular formula is C13H24N2O. The summed E-state index contributed by atoms with van der Waals surface area (Å²) in [6.07, 6.45) is 5.56. The Kier molecular flexibility index (Phi) is 3.18. The van der Waals surface area contributed by atoms with Crippen molar-refractivity contribution in [3.63, 3.8) is 0 Å². The monoisotopic (exact) mass is 224 g/mol. The van der Waals surface area contributed by atoms with Gasteiger partial charge in [0.2, 0.25) is 0 Å². The Bertz CT molecular complexity index is 228. The molecule has 0 spiro atoms. The van der Waals surface area contributed by atoms with E-state index in [1.165, 1.54) is 38.8 Å². The van der Waals surface area contributed by atoms with Crippen LogP contribution in [0.2, 0.25) is 0 Å². The van der Waals surface area contributed by atoms with Crippen LogP contribution in [-0.4, -0.2) is 43.8 Å². The lowest BCUT2D eigenvalue weighted by Gasteiger charge is -2.24. The third-order valence-electron chi connectivity index (χ3n) is 4.84. The lowest BCUT2D eigenvalue weighted by atomic mass is 9.99. The highest BCUT2D eigenvalue weighted by molar-refractivity contribution is 4.90. The van der Waals surface area contributed by atoms with E-state index >= 15 is 0 Å². The quantitative estimate of drug-likeness (QED) is 0.779. The normalized spacial score (nSPS) is 41.4. The number of likely N-dealkylation sites (tertiary alicyclic amines) is 1. The zero-order chi connectivity index (χ0) is 11.0. The van der Waals surface area contributed by atoms with Gasteiger partial charge < -0.3 is 15.4 Å². The number of nitrogens with two attached hydrogens (primary N) is 1. The summed E-state index contributed by atoms with van der Waals surface area (Å²) in [5, 5.41) is 0. The molecule has 3 rings (SSSR count). The van der Waals surface area contributed by atoms with Crippen LogP contribution in [0.3, 0.4) is 0 Å². The molecule has 3 nitrogen and oxygen atoms in total. The van der Waals surface area contributed by atoms with Crippen molar-refractivity contribution in [3.8, 4) is 0 Å². The highest BCUT2D eigenvalue weighted by Crippen LogP contribution is 2.37. The summed E-state index contributed by atoms with van der Waals surface area (Å²) in [4.78, 5) is 2.61. The first-order valence-electron chi connectivity index (χ1n) is 6.88. The van der Waals surface area contributed by atoms with E-state index in [2.05, 4.69) is 4.90 Å². The molecular weight excluding hydrogens is 200 g/mol. The van der Waals surface area contributed by atoms with Crippen LogP contribution >= 0.6 is 0 Å². The van der Waals surface area contributed by atoms with E-state index < -0.39 is 0 Å². The number of hydrogen-bond donors (Lipinski definition) is 1. The zero-order valence-corrected chi connectivity index (χ0v) is 10.1. The van der Waals surface area contributed by atoms with Crippen LogP contribution in [0.4, 0.5) is 0 Å². The van der Waals surface area contributed by atoms with Gasteiger partial charge in [-0.15, -0.1) is 0 Å². The molecule has 2 saturated heterocycles. The number of fused-ring (bicyclic) bond motifs is 1. The van der Waals surface area contributed by atoms with Crippen molar-refractivity contribution in [3.05, 3.63) is 0 Å². The van der Waals surface area contributed by atoms with Gasteiger partial charge in [-0.05, 0) is 31.1 Å². The van der Waals surface area contributed by atoms with Crippen molar-refractivity contribution < 1.29 is 4.74 Å². The van der Waals surface area contributed by atoms with E-state index in [0.717, 1.165) is 31.6 Å². The number of nitrogens with zero attached hydrogens (tertiary/aromatic N) is 1. The van der Waals surface area contributed by atoms with E-state index in [1.807, 2.05) is 0 Å². The third-order valence-corrected chi connectivity index (χ3v) is 4.84. The van der Waals surface area contributed by atoms with Gasteiger partial charge in [0.1, 0.15) is 0 Å². The molecule has 1 aliphatic carbocycles. The summed E-state index contributed by atoms with van der Waals surface area (Å²) in [5.74, 6) is 2.60. The summed E-state index contributed by atoms with van der Waals surface area (Å²) >= 11 is 0. The van der Waals surface area contributed by atoms with E-state index in [9.17, 15) is 0 Å². The molecule has 0 aromatic heterocycles. The van der Waals surface area contributed by atoms with Crippen LogP contribution in [0, 0.1) is 17.8 Å². The molecule has 2 N–H and O–H groups in total. The standard InChI is InChI=1S/C13H24N2O/c14-13(12-4-5-16-9-12)8-15-6-10-2-1-3-11(10)7-15/h10-13H,1-9,14H2. The van der Waals surface area contributed by atoms with Crippen LogP contribution < -0.4 is 5.73 Å². The number of ether oxygens (including phenoxy) is 1. The molecule has 3 fully saturated rings. The van der Waals surface area contributed by atoms with Gasteiger partial charge in [0, 0.05) is 38.2 Å². The molecule has 0 aromatic rings. The predicted octanol–water partition coefficient (Wildman–Crippen LogP) is 1.08. The van der Waals surface area contributed by atoms with Gasteiger partial charge in [-0.2, -0.15) is 0 Å². The average Bonchev–Trinajstić information content (AvgIpc) is 2.91. The fourth-order valence-corrected chi connectivity index (χ4v) is 3.82. The number of rotatable bonds is 3. The maximum atomic E-state index is 6.29. The van der Waals surface area contributed by atoms with Crippen LogP contribution in [0.25, 0.3) is 0 Å². The van der Waals surface area contributed by atoms with Crippen LogP contribution in [0.15, 0.2) is 0 Å². The summed E-state index contributed by atoms with van der Waals surface area (Å²) in [5.41, 5.74) is 6.29. The minimum atomic E-state index is 0.335. The first-order valence-corrected chi connectivity index (χ1v) is 6.88. The lowest BCUT2D eigenvalue weighted by Crippen LogP contribution is -2.42. The first kappa shape index (κ1) is 11.0. The number of hydrogen-bond acceptors (Lipinski definition) is 3. The van der Waals surface area contributed by atoms with E-state index in [-0.39, 0.29) is 0 Å². The summed E-state index contributed by atoms with van der Waals surface area (Å²) < 4.78 is 5.42. The molecule has 3 heteroatoms. The molecule has 92 valence electrons. The molecule has 2 aliphatic heterocycles. The van der Waals surface area contributed by atoms with Gasteiger partial charge >= 0.3 is 0 Å². The Morgan fingerprint density at radius 1 is 1.19 bits per heavy atom. The van der Waals surface area contributed by atoms with Crippen molar-refractivity contribution >= 4 is 0 Å². The van der Waals surface area contributed by atoms with Crippen LogP contribution in [0.5, 0.6) is 0 Å². The Morgan fingerprint density at radius 3 is 2.56 bits per heavy atom. The fourth-order valence-electron chi connectivity index (χ4n) is 3.82. The van der Waals surface area contributed by atoms with Gasteiger partial charge in [0.05, 0.1) is 6.61 Å². The Balaban J connectivity index is 1.48. The van der Waals surface area contributed by atoms with E-state index in [0.29, 0.717) is 12.0 Å². The molecule has 3 aliphatic rings. The maximum absolute atomic E-state index is 6.29. The van der Waals surface area contributed by atoms with Gasteiger partial charge in [-0.25, -0.2) is 0 Å². The minimum Gasteiger partial charge on any atom is -0.381 e. The summed E-state index contributed by atoms with van der Waals surface area (Å²) in [6, 6.07) is 0.335. The second-order valence-corrected chi connectivity index (χ2v) is 5.96. The van der Waals surface area contributed by atoms with Gasteiger partial charge in [0.25, 0.3) is 0 Å². The molecule has 0 bridgehead atoms. The molecule has 1 saturated carbocycles. The highest BCUT2D eigenvalue weighted by atomic mass is 16.5. The third kappa shape index (κ3) is 2.13. The van der Waals surface area contributed by atoms with E-state index in [1.54, 1.807) is 0 Å². The van der Waals surface area contributed by atoms with E-state index in [4.69, 9.17) is 10.5 Å². The largest absolute Gasteiger partial charge is 0.381 e. The topological polar surface area (TPSA) is 38.5 Å². The van der Waals surface area contributed by atoms with Gasteiger partial charge in [0.15, 0.2) is 0 Å². The zero-order valence-electron chi connectivity index (χ0n) is 10.1. The molecule has 2 heterocycles. The van der Waals surface area contributed by atoms with Crippen molar-refractivity contribution in [1.82, 2.24) is 4.90 Å². The first-order chi connectivity index (χ1) is 7.83. The molecule has 4 unspecified atom stereocenters. The predicted molar refractivity (Wildman–Crippen MR) is 64.2 cm³/mol. The van der Waals surface area contributed by atoms with Crippen molar-refractivity contribution in [2.24, 2.45) is 23.5 Å². The Hall–Kier alpha value is -0.120. The molecule has 4 atom stereocenters. The smallest absolute Gasteiger partial charge is 0.0510 e. The SMILES string of the molecule is NC(CN1CC2CCCC2C1)C1CCOC1. The molecule has 0 aromatic carbocycles. The van der Waals surface area contributed by atoms with Crippen molar-refractivity contribution in [1.29, 1.82) is 0 Å². The second kappa shape index (κ2) is 4.63.